The van der Waals surface area contributed by atoms with Crippen LogP contribution in [0.3, 0.4) is 0 Å². The van der Waals surface area contributed by atoms with Crippen molar-refractivity contribution in [2.75, 3.05) is 27.2 Å². The highest BCUT2D eigenvalue weighted by Gasteiger charge is 1.97. The van der Waals surface area contributed by atoms with Crippen molar-refractivity contribution in [1.82, 2.24) is 10.2 Å². The summed E-state index contributed by atoms with van der Waals surface area (Å²) in [7, 11) is 3.65. The number of nitrogens with one attached hydrogen (secondary N) is 2. The second-order valence-corrected chi connectivity index (χ2v) is 4.03. The molecule has 0 aliphatic heterocycles. The number of nitrogens with zero attached hydrogens (tertiary/aromatic N) is 2. The largest absolute Gasteiger partial charge is 0.370 e. The predicted molar refractivity (Wildman–Crippen MR) is 70.0 cm³/mol. The summed E-state index contributed by atoms with van der Waals surface area (Å²) >= 11 is 0. The molecule has 0 fully saturated rings. The first-order valence-corrected chi connectivity index (χ1v) is 5.86. The molecule has 0 atom stereocenters. The van der Waals surface area contributed by atoms with Crippen LogP contribution in [0.4, 0.5) is 0 Å². The Morgan fingerprint density at radius 2 is 2.00 bits per heavy atom. The van der Waals surface area contributed by atoms with Crippen LogP contribution in [0.25, 0.3) is 0 Å². The molecule has 16 heavy (non-hydrogen) atoms. The lowest BCUT2D eigenvalue weighted by molar-refractivity contribution is 0.606. The van der Waals surface area contributed by atoms with Crippen LogP contribution in [0, 0.1) is 5.41 Å². The third-order valence-corrected chi connectivity index (χ3v) is 2.28. The van der Waals surface area contributed by atoms with E-state index in [0.717, 1.165) is 13.0 Å². The zero-order chi connectivity index (χ0) is 12.4. The van der Waals surface area contributed by atoms with Crippen LogP contribution in [0.2, 0.25) is 0 Å². The number of likely N-dealkylation sites (N-methyl/N-ethyl adjacent to an activating group) is 1. The minimum atomic E-state index is 0.334. The van der Waals surface area contributed by atoms with Gasteiger partial charge in [-0.15, -0.1) is 0 Å². The van der Waals surface area contributed by atoms with Crippen molar-refractivity contribution in [2.24, 2.45) is 10.7 Å². The van der Waals surface area contributed by atoms with Gasteiger partial charge in [0.25, 0.3) is 0 Å². The van der Waals surface area contributed by atoms with Gasteiger partial charge in [-0.3, -0.25) is 5.41 Å². The van der Waals surface area contributed by atoms with Crippen molar-refractivity contribution in [3.8, 4) is 0 Å². The fraction of sp³-hybridized carbons (Fsp3) is 0.818. The summed E-state index contributed by atoms with van der Waals surface area (Å²) in [6.45, 7) is 3.39. The molecule has 0 bridgehead atoms. The van der Waals surface area contributed by atoms with Crippen LogP contribution < -0.4 is 11.1 Å². The van der Waals surface area contributed by atoms with Gasteiger partial charge >= 0.3 is 0 Å². The van der Waals surface area contributed by atoms with E-state index < -0.39 is 0 Å². The lowest BCUT2D eigenvalue weighted by Crippen LogP contribution is -2.34. The monoisotopic (exact) mass is 227 g/mol. The molecule has 0 heterocycles. The predicted octanol–water partition coefficient (Wildman–Crippen LogP) is 1.01. The number of aliphatic imine (C=N–C) groups is 1. The molecule has 0 aliphatic rings. The molecule has 0 rings (SSSR count). The van der Waals surface area contributed by atoms with Gasteiger partial charge in [0, 0.05) is 20.6 Å². The average Bonchev–Trinajstić information content (AvgIpc) is 2.25. The molecule has 0 spiro atoms. The first kappa shape index (κ1) is 14.7. The van der Waals surface area contributed by atoms with Gasteiger partial charge in [-0.2, -0.15) is 0 Å². The maximum absolute atomic E-state index is 7.54. The Labute approximate surface area is 98.6 Å². The standard InChI is InChI=1S/C11H25N5/c1-4-5-6-7-8-14-11(13)15-9-10(12)16(2)3/h12H,4-9H2,1-3H3,(H3,13,14,15). The van der Waals surface area contributed by atoms with Gasteiger partial charge in [-0.05, 0) is 6.42 Å². The molecule has 0 radical (unpaired) electrons. The Morgan fingerprint density at radius 1 is 1.31 bits per heavy atom. The van der Waals surface area contributed by atoms with E-state index in [-0.39, 0.29) is 0 Å². The summed E-state index contributed by atoms with van der Waals surface area (Å²) in [6, 6.07) is 0. The molecule has 0 unspecified atom stereocenters. The summed E-state index contributed by atoms with van der Waals surface area (Å²) in [6.07, 6.45) is 4.85. The smallest absolute Gasteiger partial charge is 0.189 e. The van der Waals surface area contributed by atoms with Crippen molar-refractivity contribution in [3.63, 3.8) is 0 Å². The summed E-state index contributed by atoms with van der Waals surface area (Å²) in [5.41, 5.74) is 5.66. The molecular weight excluding hydrogens is 202 g/mol. The summed E-state index contributed by atoms with van der Waals surface area (Å²) in [4.78, 5) is 5.80. The number of hydrogen-bond acceptors (Lipinski definition) is 2. The molecule has 0 saturated carbocycles. The topological polar surface area (TPSA) is 77.5 Å². The third kappa shape index (κ3) is 8.08. The fourth-order valence-electron chi connectivity index (χ4n) is 1.13. The van der Waals surface area contributed by atoms with E-state index in [1.165, 1.54) is 19.3 Å². The highest BCUT2D eigenvalue weighted by molar-refractivity contribution is 5.85. The molecule has 0 aromatic carbocycles. The van der Waals surface area contributed by atoms with Crippen LogP contribution >= 0.6 is 0 Å². The number of guanidine groups is 1. The van der Waals surface area contributed by atoms with Crippen molar-refractivity contribution in [2.45, 2.75) is 32.6 Å². The maximum Gasteiger partial charge on any atom is 0.189 e. The average molecular weight is 227 g/mol. The second-order valence-electron chi connectivity index (χ2n) is 4.03. The Hall–Kier alpha value is -1.26. The van der Waals surface area contributed by atoms with Crippen LogP contribution in [0.5, 0.6) is 0 Å². The van der Waals surface area contributed by atoms with Crippen molar-refractivity contribution >= 4 is 11.8 Å². The van der Waals surface area contributed by atoms with E-state index >= 15 is 0 Å². The first-order chi connectivity index (χ1) is 7.57. The van der Waals surface area contributed by atoms with E-state index in [0.29, 0.717) is 18.3 Å². The maximum atomic E-state index is 7.54. The van der Waals surface area contributed by atoms with E-state index in [1.807, 2.05) is 14.1 Å². The van der Waals surface area contributed by atoms with Crippen LogP contribution in [0.1, 0.15) is 32.6 Å². The Kier molecular flexibility index (Phi) is 8.29. The molecule has 5 heteroatoms. The lowest BCUT2D eigenvalue weighted by atomic mass is 10.2. The number of unbranched alkanes of at least 4 members (excludes halogenated alkanes) is 3. The zero-order valence-corrected chi connectivity index (χ0v) is 10.7. The summed E-state index contributed by atoms with van der Waals surface area (Å²) < 4.78 is 0. The Balaban J connectivity index is 3.59. The van der Waals surface area contributed by atoms with Gasteiger partial charge in [-0.1, -0.05) is 26.2 Å². The molecule has 4 N–H and O–H groups in total. The van der Waals surface area contributed by atoms with Gasteiger partial charge in [0.1, 0.15) is 5.84 Å². The van der Waals surface area contributed by atoms with E-state index in [2.05, 4.69) is 17.2 Å². The van der Waals surface area contributed by atoms with Crippen molar-refractivity contribution in [3.05, 3.63) is 0 Å². The second kappa shape index (κ2) is 9.00. The minimum absolute atomic E-state index is 0.334. The van der Waals surface area contributed by atoms with Gasteiger partial charge in [0.05, 0.1) is 6.54 Å². The quantitative estimate of drug-likeness (QED) is 0.345. The Bertz CT molecular complexity index is 222. The number of rotatable bonds is 7. The van der Waals surface area contributed by atoms with Gasteiger partial charge in [-0.25, -0.2) is 4.99 Å². The molecule has 5 nitrogen and oxygen atoms in total. The van der Waals surface area contributed by atoms with E-state index in [1.54, 1.807) is 4.90 Å². The van der Waals surface area contributed by atoms with Crippen molar-refractivity contribution in [1.29, 1.82) is 5.41 Å². The van der Waals surface area contributed by atoms with Crippen LogP contribution in [0.15, 0.2) is 4.99 Å². The third-order valence-electron chi connectivity index (χ3n) is 2.28. The molecule has 94 valence electrons. The number of nitrogens with two attached hydrogens (primary N) is 1. The molecule has 0 amide bonds. The van der Waals surface area contributed by atoms with Gasteiger partial charge in [0.2, 0.25) is 0 Å². The minimum Gasteiger partial charge on any atom is -0.370 e. The van der Waals surface area contributed by atoms with Crippen molar-refractivity contribution < 1.29 is 0 Å². The first-order valence-electron chi connectivity index (χ1n) is 5.86. The van der Waals surface area contributed by atoms with E-state index in [4.69, 9.17) is 11.1 Å². The normalized spacial score (nSPS) is 11.3. The summed E-state index contributed by atoms with van der Waals surface area (Å²) in [5.74, 6) is 0.888. The number of hydrogen-bond donors (Lipinski definition) is 3. The molecule has 0 aliphatic carbocycles. The molecule has 0 saturated heterocycles. The van der Waals surface area contributed by atoms with E-state index in [9.17, 15) is 0 Å². The van der Waals surface area contributed by atoms with Crippen LogP contribution in [-0.4, -0.2) is 43.9 Å². The molecule has 0 aromatic rings. The Morgan fingerprint density at radius 3 is 2.56 bits per heavy atom. The molecular formula is C11H25N5. The number of amidine groups is 1. The lowest BCUT2D eigenvalue weighted by Gasteiger charge is -2.11. The van der Waals surface area contributed by atoms with Gasteiger partial charge in [0.15, 0.2) is 5.96 Å². The fourth-order valence-corrected chi connectivity index (χ4v) is 1.13. The highest BCUT2D eigenvalue weighted by Crippen LogP contribution is 1.96. The molecule has 0 aromatic heterocycles. The zero-order valence-electron chi connectivity index (χ0n) is 10.7. The highest BCUT2D eigenvalue weighted by atomic mass is 15.1. The summed E-state index contributed by atoms with van der Waals surface area (Å²) in [5, 5.41) is 10.6. The van der Waals surface area contributed by atoms with Crippen LogP contribution in [-0.2, 0) is 0 Å². The van der Waals surface area contributed by atoms with Gasteiger partial charge < -0.3 is 16.0 Å². The SMILES string of the molecule is CCCCCCNC(N)=NCC(=N)N(C)C.